The van der Waals surface area contributed by atoms with E-state index < -0.39 is 0 Å². The highest BCUT2D eigenvalue weighted by Gasteiger charge is 2.17. The van der Waals surface area contributed by atoms with E-state index in [4.69, 9.17) is 0 Å². The van der Waals surface area contributed by atoms with Gasteiger partial charge in [0, 0.05) is 14.1 Å². The fraction of sp³-hybridized carbons (Fsp3) is 0.600. The molecule has 0 amide bonds. The van der Waals surface area contributed by atoms with Gasteiger partial charge in [-0.15, -0.1) is 0 Å². The van der Waals surface area contributed by atoms with Gasteiger partial charge >= 0.3 is 0 Å². The molecule has 0 aliphatic rings. The Labute approximate surface area is 133 Å². The molecule has 0 aromatic heterocycles. The summed E-state index contributed by atoms with van der Waals surface area (Å²) in [6, 6.07) is 7.06. The lowest BCUT2D eigenvalue weighted by molar-refractivity contribution is 0.375. The first-order chi connectivity index (χ1) is 8.62. The second-order valence-corrected chi connectivity index (χ2v) is 6.79. The largest absolute Gasteiger partial charge is 0.310 e. The summed E-state index contributed by atoms with van der Waals surface area (Å²) in [7, 11) is 0. The molecule has 1 atom stereocenters. The molecule has 3 heteroatoms. The third kappa shape index (κ3) is 4.82. The zero-order valence-electron chi connectivity index (χ0n) is 11.5. The summed E-state index contributed by atoms with van der Waals surface area (Å²) >= 11 is 6.08. The molecule has 0 fully saturated rings. The SMILES string of the molecule is CCNC(CC(CC)CC)c1cc(I)ccc1Br. The van der Waals surface area contributed by atoms with Crippen molar-refractivity contribution in [1.29, 1.82) is 0 Å². The predicted octanol–water partition coefficient (Wildman–Crippen LogP) is 5.53. The van der Waals surface area contributed by atoms with Crippen LogP contribution in [0.4, 0.5) is 0 Å². The molecule has 0 heterocycles. The average Bonchev–Trinajstić information content (AvgIpc) is 2.37. The van der Waals surface area contributed by atoms with Gasteiger partial charge in [0.15, 0.2) is 0 Å². The first-order valence-corrected chi connectivity index (χ1v) is 8.67. The molecule has 0 radical (unpaired) electrons. The molecule has 1 aromatic carbocycles. The van der Waals surface area contributed by atoms with Gasteiger partial charge in [-0.25, -0.2) is 0 Å². The Morgan fingerprint density at radius 2 is 1.89 bits per heavy atom. The maximum absolute atomic E-state index is 3.69. The van der Waals surface area contributed by atoms with Gasteiger partial charge in [-0.2, -0.15) is 0 Å². The fourth-order valence-electron chi connectivity index (χ4n) is 2.30. The molecular weight excluding hydrogens is 401 g/mol. The van der Waals surface area contributed by atoms with Crippen molar-refractivity contribution < 1.29 is 0 Å². The molecule has 0 saturated carbocycles. The Hall–Kier alpha value is 0.390. The minimum atomic E-state index is 0.462. The Balaban J connectivity index is 2.92. The monoisotopic (exact) mass is 423 g/mol. The van der Waals surface area contributed by atoms with Crippen LogP contribution in [0.5, 0.6) is 0 Å². The first kappa shape index (κ1) is 16.4. The minimum absolute atomic E-state index is 0.462. The highest BCUT2D eigenvalue weighted by Crippen LogP contribution is 2.31. The Bertz CT molecular complexity index is 364. The standard InChI is InChI=1S/C15H23BrIN/c1-4-11(5-2)9-15(18-6-3)13-10-12(17)7-8-14(13)16/h7-8,10-11,15,18H,4-6,9H2,1-3H3. The van der Waals surface area contributed by atoms with E-state index >= 15 is 0 Å². The molecule has 0 saturated heterocycles. The Morgan fingerprint density at radius 3 is 2.44 bits per heavy atom. The van der Waals surface area contributed by atoms with Crippen LogP contribution in [0.15, 0.2) is 22.7 Å². The summed E-state index contributed by atoms with van der Waals surface area (Å²) < 4.78 is 2.53. The predicted molar refractivity (Wildman–Crippen MR) is 92.0 cm³/mol. The van der Waals surface area contributed by atoms with Crippen molar-refractivity contribution in [2.75, 3.05) is 6.54 Å². The first-order valence-electron chi connectivity index (χ1n) is 6.80. The molecule has 1 nitrogen and oxygen atoms in total. The van der Waals surface area contributed by atoms with Crippen LogP contribution in [-0.4, -0.2) is 6.54 Å². The average molecular weight is 424 g/mol. The molecule has 0 bridgehead atoms. The van der Waals surface area contributed by atoms with Crippen molar-refractivity contribution in [2.24, 2.45) is 5.92 Å². The highest BCUT2D eigenvalue weighted by atomic mass is 127. The molecule has 1 rings (SSSR count). The van der Waals surface area contributed by atoms with E-state index in [0.717, 1.165) is 12.5 Å². The highest BCUT2D eigenvalue weighted by molar-refractivity contribution is 14.1. The van der Waals surface area contributed by atoms with Crippen molar-refractivity contribution in [3.05, 3.63) is 31.8 Å². The van der Waals surface area contributed by atoms with Gasteiger partial charge in [0.1, 0.15) is 0 Å². The summed E-state index contributed by atoms with van der Waals surface area (Å²) in [6.07, 6.45) is 3.75. The topological polar surface area (TPSA) is 12.0 Å². The number of halogens is 2. The number of hydrogen-bond donors (Lipinski definition) is 1. The molecule has 0 aliphatic carbocycles. The summed E-state index contributed by atoms with van der Waals surface area (Å²) in [5.74, 6) is 0.804. The van der Waals surface area contributed by atoms with E-state index in [9.17, 15) is 0 Å². The molecule has 0 spiro atoms. The molecule has 1 unspecified atom stereocenters. The van der Waals surface area contributed by atoms with Crippen LogP contribution in [0, 0.1) is 9.49 Å². The number of benzene rings is 1. The maximum atomic E-state index is 3.69. The lowest BCUT2D eigenvalue weighted by Crippen LogP contribution is -2.23. The summed E-state index contributed by atoms with van der Waals surface area (Å²) in [5, 5.41) is 3.63. The van der Waals surface area contributed by atoms with Crippen molar-refractivity contribution >= 4 is 38.5 Å². The molecule has 1 aromatic rings. The quantitative estimate of drug-likeness (QED) is 0.568. The van der Waals surface area contributed by atoms with Crippen LogP contribution in [-0.2, 0) is 0 Å². The van der Waals surface area contributed by atoms with Crippen LogP contribution in [0.1, 0.15) is 51.6 Å². The van der Waals surface area contributed by atoms with Gasteiger partial charge in [-0.1, -0.05) is 49.5 Å². The summed E-state index contributed by atoms with van der Waals surface area (Å²) in [5.41, 5.74) is 1.40. The van der Waals surface area contributed by atoms with E-state index in [1.165, 1.54) is 32.9 Å². The van der Waals surface area contributed by atoms with Crippen molar-refractivity contribution in [3.8, 4) is 0 Å². The number of hydrogen-bond acceptors (Lipinski definition) is 1. The van der Waals surface area contributed by atoms with E-state index in [2.05, 4.69) is 82.8 Å². The third-order valence-electron chi connectivity index (χ3n) is 3.51. The second kappa shape index (κ2) is 8.54. The molecule has 0 aliphatic heterocycles. The van der Waals surface area contributed by atoms with Crippen LogP contribution in [0.2, 0.25) is 0 Å². The van der Waals surface area contributed by atoms with Crippen molar-refractivity contribution in [1.82, 2.24) is 5.32 Å². The normalized spacial score (nSPS) is 13.0. The lowest BCUT2D eigenvalue weighted by atomic mass is 9.91. The zero-order chi connectivity index (χ0) is 13.5. The number of nitrogens with one attached hydrogen (secondary N) is 1. The second-order valence-electron chi connectivity index (χ2n) is 4.69. The minimum Gasteiger partial charge on any atom is -0.310 e. The Kier molecular flexibility index (Phi) is 7.80. The molecular formula is C15H23BrIN. The van der Waals surface area contributed by atoms with E-state index in [1.807, 2.05) is 0 Å². The van der Waals surface area contributed by atoms with E-state index in [0.29, 0.717) is 6.04 Å². The van der Waals surface area contributed by atoms with Crippen molar-refractivity contribution in [2.45, 2.75) is 46.1 Å². The number of rotatable bonds is 7. The van der Waals surface area contributed by atoms with E-state index in [1.54, 1.807) is 0 Å². The smallest absolute Gasteiger partial charge is 0.0334 e. The molecule has 18 heavy (non-hydrogen) atoms. The zero-order valence-corrected chi connectivity index (χ0v) is 15.2. The Morgan fingerprint density at radius 1 is 1.22 bits per heavy atom. The van der Waals surface area contributed by atoms with Gasteiger partial charge in [0.25, 0.3) is 0 Å². The van der Waals surface area contributed by atoms with Gasteiger partial charge in [-0.05, 0) is 65.2 Å². The van der Waals surface area contributed by atoms with Gasteiger partial charge < -0.3 is 5.32 Å². The fourth-order valence-corrected chi connectivity index (χ4v) is 3.34. The lowest BCUT2D eigenvalue weighted by Gasteiger charge is -2.24. The van der Waals surface area contributed by atoms with Gasteiger partial charge in [0.05, 0.1) is 0 Å². The van der Waals surface area contributed by atoms with E-state index in [-0.39, 0.29) is 0 Å². The van der Waals surface area contributed by atoms with Crippen molar-refractivity contribution in [3.63, 3.8) is 0 Å². The summed E-state index contributed by atoms with van der Waals surface area (Å²) in [4.78, 5) is 0. The van der Waals surface area contributed by atoms with Crippen LogP contribution >= 0.6 is 38.5 Å². The summed E-state index contributed by atoms with van der Waals surface area (Å²) in [6.45, 7) is 7.78. The van der Waals surface area contributed by atoms with Crippen LogP contribution < -0.4 is 5.32 Å². The van der Waals surface area contributed by atoms with Crippen LogP contribution in [0.3, 0.4) is 0 Å². The third-order valence-corrected chi connectivity index (χ3v) is 4.90. The van der Waals surface area contributed by atoms with Gasteiger partial charge in [0.2, 0.25) is 0 Å². The molecule has 1 N–H and O–H groups in total. The molecule has 102 valence electrons. The maximum Gasteiger partial charge on any atom is 0.0334 e. The van der Waals surface area contributed by atoms with Crippen LogP contribution in [0.25, 0.3) is 0 Å². The van der Waals surface area contributed by atoms with Gasteiger partial charge in [-0.3, -0.25) is 0 Å².